The fourth-order valence-corrected chi connectivity index (χ4v) is 1.79. The summed E-state index contributed by atoms with van der Waals surface area (Å²) in [5.74, 6) is -0.208. The number of amides is 1. The third kappa shape index (κ3) is 2.71. The van der Waals surface area contributed by atoms with Gasteiger partial charge in [0.25, 0.3) is 5.91 Å². The Labute approximate surface area is 107 Å². The molecule has 88 valence electrons. The molecule has 0 saturated heterocycles. The van der Waals surface area contributed by atoms with E-state index in [1.807, 2.05) is 6.92 Å². The minimum Gasteiger partial charge on any atom is -0.319 e. The summed E-state index contributed by atoms with van der Waals surface area (Å²) in [6.07, 6.45) is 5.02. The molecule has 6 heteroatoms. The normalized spacial score (nSPS) is 10.2. The van der Waals surface area contributed by atoms with Crippen molar-refractivity contribution in [2.75, 3.05) is 5.32 Å². The molecule has 0 atom stereocenters. The molecule has 0 radical (unpaired) electrons. The monoisotopic (exact) mass is 294 g/mol. The van der Waals surface area contributed by atoms with Gasteiger partial charge in [0.1, 0.15) is 4.60 Å². The second kappa shape index (κ2) is 5.09. The first-order valence-electron chi connectivity index (χ1n) is 5.15. The minimum absolute atomic E-state index is 0.208. The molecule has 2 heterocycles. The van der Waals surface area contributed by atoms with Crippen LogP contribution in [-0.2, 0) is 6.54 Å². The predicted octanol–water partition coefficient (Wildman–Crippen LogP) is 2.31. The number of hydrogen-bond donors (Lipinski definition) is 1. The Bertz CT molecular complexity index is 538. The van der Waals surface area contributed by atoms with Crippen molar-refractivity contribution < 1.29 is 4.79 Å². The van der Waals surface area contributed by atoms with E-state index in [-0.39, 0.29) is 5.91 Å². The largest absolute Gasteiger partial charge is 0.319 e. The van der Waals surface area contributed by atoms with Crippen LogP contribution in [-0.4, -0.2) is 20.7 Å². The molecule has 2 aromatic heterocycles. The van der Waals surface area contributed by atoms with Crippen LogP contribution < -0.4 is 5.32 Å². The second-order valence-corrected chi connectivity index (χ2v) is 4.13. The predicted molar refractivity (Wildman–Crippen MR) is 67.8 cm³/mol. The van der Waals surface area contributed by atoms with Gasteiger partial charge in [-0.3, -0.25) is 9.48 Å². The van der Waals surface area contributed by atoms with Crippen molar-refractivity contribution in [3.05, 3.63) is 40.9 Å². The first-order valence-corrected chi connectivity index (χ1v) is 5.94. The lowest BCUT2D eigenvalue weighted by Gasteiger charge is -2.03. The van der Waals surface area contributed by atoms with E-state index in [4.69, 9.17) is 0 Å². The van der Waals surface area contributed by atoms with Gasteiger partial charge in [-0.05, 0) is 35.0 Å². The standard InChI is InChI=1S/C11H11BrN4O/c1-2-16-7-8(6-14-16)15-11(17)9-4-3-5-13-10(9)12/h3-7H,2H2,1H3,(H,15,17). The fourth-order valence-electron chi connectivity index (χ4n) is 1.35. The molecule has 0 aliphatic rings. The highest BCUT2D eigenvalue weighted by atomic mass is 79.9. The van der Waals surface area contributed by atoms with Gasteiger partial charge in [0.15, 0.2) is 0 Å². The van der Waals surface area contributed by atoms with Crippen LogP contribution in [0, 0.1) is 0 Å². The summed E-state index contributed by atoms with van der Waals surface area (Å²) in [4.78, 5) is 15.9. The Kier molecular flexibility index (Phi) is 3.53. The van der Waals surface area contributed by atoms with Gasteiger partial charge in [-0.1, -0.05) is 0 Å². The smallest absolute Gasteiger partial charge is 0.258 e. The zero-order valence-corrected chi connectivity index (χ0v) is 10.8. The number of halogens is 1. The number of nitrogens with zero attached hydrogens (tertiary/aromatic N) is 3. The summed E-state index contributed by atoms with van der Waals surface area (Å²) in [6.45, 7) is 2.75. The van der Waals surface area contributed by atoms with Crippen molar-refractivity contribution >= 4 is 27.5 Å². The number of hydrogen-bond acceptors (Lipinski definition) is 3. The molecule has 2 aromatic rings. The summed E-state index contributed by atoms with van der Waals surface area (Å²) in [5, 5.41) is 6.84. The topological polar surface area (TPSA) is 59.8 Å². The molecule has 2 rings (SSSR count). The van der Waals surface area contributed by atoms with Gasteiger partial charge in [-0.25, -0.2) is 4.98 Å². The SMILES string of the molecule is CCn1cc(NC(=O)c2cccnc2Br)cn1. The Hall–Kier alpha value is -1.69. The highest BCUT2D eigenvalue weighted by Crippen LogP contribution is 2.15. The van der Waals surface area contributed by atoms with E-state index < -0.39 is 0 Å². The average Bonchev–Trinajstić information content (AvgIpc) is 2.77. The van der Waals surface area contributed by atoms with Crippen LogP contribution in [0.1, 0.15) is 17.3 Å². The molecule has 0 aliphatic heterocycles. The first kappa shape index (κ1) is 11.8. The summed E-state index contributed by atoms with van der Waals surface area (Å²) in [5.41, 5.74) is 1.17. The molecule has 1 amide bonds. The summed E-state index contributed by atoms with van der Waals surface area (Å²) >= 11 is 3.24. The van der Waals surface area contributed by atoms with Crippen molar-refractivity contribution in [3.8, 4) is 0 Å². The molecule has 5 nitrogen and oxygen atoms in total. The van der Waals surface area contributed by atoms with Crippen LogP contribution in [0.5, 0.6) is 0 Å². The number of carbonyl (C=O) groups is 1. The minimum atomic E-state index is -0.208. The molecule has 0 saturated carbocycles. The van der Waals surface area contributed by atoms with Crippen LogP contribution >= 0.6 is 15.9 Å². The van der Waals surface area contributed by atoms with Crippen LogP contribution in [0.4, 0.5) is 5.69 Å². The summed E-state index contributed by atoms with van der Waals surface area (Å²) in [6, 6.07) is 3.42. The third-order valence-electron chi connectivity index (χ3n) is 2.22. The van der Waals surface area contributed by atoms with Gasteiger partial charge in [0, 0.05) is 18.9 Å². The van der Waals surface area contributed by atoms with E-state index in [0.717, 1.165) is 6.54 Å². The van der Waals surface area contributed by atoms with E-state index in [1.54, 1.807) is 35.4 Å². The lowest BCUT2D eigenvalue weighted by molar-refractivity contribution is 0.102. The third-order valence-corrected chi connectivity index (χ3v) is 2.85. The molecule has 0 unspecified atom stereocenters. The van der Waals surface area contributed by atoms with E-state index in [2.05, 4.69) is 31.3 Å². The van der Waals surface area contributed by atoms with Gasteiger partial charge in [0.2, 0.25) is 0 Å². The maximum absolute atomic E-state index is 11.9. The molecular formula is C11H11BrN4O. The number of nitrogens with one attached hydrogen (secondary N) is 1. The van der Waals surface area contributed by atoms with Gasteiger partial charge in [-0.15, -0.1) is 0 Å². The highest BCUT2D eigenvalue weighted by Gasteiger charge is 2.11. The van der Waals surface area contributed by atoms with Gasteiger partial charge < -0.3 is 5.32 Å². The lowest BCUT2D eigenvalue weighted by Crippen LogP contribution is -2.12. The quantitative estimate of drug-likeness (QED) is 0.884. The number of aryl methyl sites for hydroxylation is 1. The van der Waals surface area contributed by atoms with Gasteiger partial charge in [0.05, 0.1) is 17.4 Å². The molecular weight excluding hydrogens is 284 g/mol. The average molecular weight is 295 g/mol. The fraction of sp³-hybridized carbons (Fsp3) is 0.182. The Morgan fingerprint density at radius 3 is 3.06 bits per heavy atom. The maximum Gasteiger partial charge on any atom is 0.258 e. The molecule has 0 fully saturated rings. The molecule has 0 bridgehead atoms. The second-order valence-electron chi connectivity index (χ2n) is 3.38. The molecule has 17 heavy (non-hydrogen) atoms. The van der Waals surface area contributed by atoms with Crippen LogP contribution in [0.2, 0.25) is 0 Å². The number of pyridine rings is 1. The number of aromatic nitrogens is 3. The van der Waals surface area contributed by atoms with Crippen molar-refractivity contribution in [1.29, 1.82) is 0 Å². The van der Waals surface area contributed by atoms with Gasteiger partial charge >= 0.3 is 0 Å². The van der Waals surface area contributed by atoms with Crippen LogP contribution in [0.3, 0.4) is 0 Å². The lowest BCUT2D eigenvalue weighted by atomic mass is 10.2. The Morgan fingerprint density at radius 1 is 1.59 bits per heavy atom. The Morgan fingerprint density at radius 2 is 2.41 bits per heavy atom. The molecule has 0 spiro atoms. The van der Waals surface area contributed by atoms with Crippen molar-refractivity contribution in [1.82, 2.24) is 14.8 Å². The molecule has 0 aromatic carbocycles. The highest BCUT2D eigenvalue weighted by molar-refractivity contribution is 9.10. The van der Waals surface area contributed by atoms with E-state index >= 15 is 0 Å². The summed E-state index contributed by atoms with van der Waals surface area (Å²) < 4.78 is 2.27. The molecule has 1 N–H and O–H groups in total. The van der Waals surface area contributed by atoms with Gasteiger partial charge in [-0.2, -0.15) is 5.10 Å². The zero-order valence-electron chi connectivity index (χ0n) is 9.22. The van der Waals surface area contributed by atoms with Crippen molar-refractivity contribution in [2.45, 2.75) is 13.5 Å². The van der Waals surface area contributed by atoms with Crippen LogP contribution in [0.15, 0.2) is 35.3 Å². The number of rotatable bonds is 3. The number of carbonyl (C=O) groups excluding carboxylic acids is 1. The summed E-state index contributed by atoms with van der Waals surface area (Å²) in [7, 11) is 0. The Balaban J connectivity index is 2.14. The van der Waals surface area contributed by atoms with Crippen molar-refractivity contribution in [2.24, 2.45) is 0 Å². The van der Waals surface area contributed by atoms with Crippen LogP contribution in [0.25, 0.3) is 0 Å². The zero-order chi connectivity index (χ0) is 12.3. The number of anilines is 1. The maximum atomic E-state index is 11.9. The molecule has 0 aliphatic carbocycles. The van der Waals surface area contributed by atoms with E-state index in [0.29, 0.717) is 15.9 Å². The van der Waals surface area contributed by atoms with E-state index in [9.17, 15) is 4.79 Å². The van der Waals surface area contributed by atoms with Crippen molar-refractivity contribution in [3.63, 3.8) is 0 Å². The van der Waals surface area contributed by atoms with E-state index in [1.165, 1.54) is 0 Å². The first-order chi connectivity index (χ1) is 8.20.